The number of rotatable bonds is 6. The highest BCUT2D eigenvalue weighted by Gasteiger charge is 2.13. The molecule has 0 spiro atoms. The maximum absolute atomic E-state index is 12.0. The molecule has 0 saturated heterocycles. The first-order valence-electron chi connectivity index (χ1n) is 9.66. The van der Waals surface area contributed by atoms with Crippen molar-refractivity contribution in [3.05, 3.63) is 29.6 Å². The molecule has 1 aliphatic rings. The first-order valence-corrected chi connectivity index (χ1v) is 9.66. The summed E-state index contributed by atoms with van der Waals surface area (Å²) in [4.78, 5) is 30.5. The number of nitrogens with zero attached hydrogens (tertiary/aromatic N) is 2. The summed E-state index contributed by atoms with van der Waals surface area (Å²) in [6.07, 6.45) is 6.30. The molecule has 2 heterocycles. The van der Waals surface area contributed by atoms with Crippen LogP contribution < -0.4 is 0 Å². The minimum absolute atomic E-state index is 0.125. The summed E-state index contributed by atoms with van der Waals surface area (Å²) >= 11 is 0. The van der Waals surface area contributed by atoms with Gasteiger partial charge in [0, 0.05) is 13.1 Å². The first kappa shape index (κ1) is 20.4. The van der Waals surface area contributed by atoms with Crippen LogP contribution in [0.5, 0.6) is 0 Å². The van der Waals surface area contributed by atoms with Crippen LogP contribution in [0.25, 0.3) is 0 Å². The molecule has 2 rings (SSSR count). The van der Waals surface area contributed by atoms with E-state index in [9.17, 15) is 9.59 Å². The van der Waals surface area contributed by atoms with Crippen molar-refractivity contribution in [2.24, 2.45) is 0 Å². The molecular weight excluding hydrogens is 332 g/mol. The van der Waals surface area contributed by atoms with Crippen molar-refractivity contribution in [1.29, 1.82) is 0 Å². The molecular formula is C20H30N2O4. The number of cyclic esters (lactones) is 2. The molecule has 0 radical (unpaired) electrons. The summed E-state index contributed by atoms with van der Waals surface area (Å²) in [6.45, 7) is 5.15. The number of carbonyl (C=O) groups is 2. The molecule has 0 aliphatic carbocycles. The van der Waals surface area contributed by atoms with Crippen LogP contribution in [0.4, 0.5) is 0 Å². The Morgan fingerprint density at radius 3 is 2.08 bits per heavy atom. The second kappa shape index (κ2) is 11.6. The van der Waals surface area contributed by atoms with Crippen LogP contribution in [0.3, 0.4) is 0 Å². The van der Waals surface area contributed by atoms with Crippen molar-refractivity contribution in [3.63, 3.8) is 0 Å². The molecule has 0 N–H and O–H groups in total. The third-order valence-electron chi connectivity index (χ3n) is 4.43. The van der Waals surface area contributed by atoms with Crippen molar-refractivity contribution in [3.8, 4) is 0 Å². The highest BCUT2D eigenvalue weighted by atomic mass is 16.5. The summed E-state index contributed by atoms with van der Waals surface area (Å²) < 4.78 is 10.7. The fraction of sp³-hybridized carbons (Fsp3) is 0.650. The summed E-state index contributed by atoms with van der Waals surface area (Å²) in [5.41, 5.74) is 1.23. The monoisotopic (exact) mass is 362 g/mol. The average molecular weight is 362 g/mol. The Labute approximate surface area is 155 Å². The Morgan fingerprint density at radius 2 is 1.50 bits per heavy atom. The van der Waals surface area contributed by atoms with Crippen LogP contribution in [0.1, 0.15) is 50.4 Å². The fourth-order valence-electron chi connectivity index (χ4n) is 2.98. The van der Waals surface area contributed by atoms with Crippen LogP contribution >= 0.6 is 0 Å². The number of pyridine rings is 1. The largest absolute Gasteiger partial charge is 0.464 e. The fourth-order valence-corrected chi connectivity index (χ4v) is 2.98. The van der Waals surface area contributed by atoms with Gasteiger partial charge in [0.1, 0.15) is 13.2 Å². The molecule has 2 bridgehead atoms. The van der Waals surface area contributed by atoms with Crippen LogP contribution in [0.2, 0.25) is 0 Å². The minimum Gasteiger partial charge on any atom is -0.464 e. The van der Waals surface area contributed by atoms with E-state index in [0.717, 1.165) is 13.0 Å². The number of unbranched alkanes of at least 4 members (excludes halogenated alkanes) is 4. The number of aromatic nitrogens is 1. The van der Waals surface area contributed by atoms with Gasteiger partial charge < -0.3 is 9.47 Å². The summed E-state index contributed by atoms with van der Waals surface area (Å²) in [7, 11) is 0. The van der Waals surface area contributed by atoms with Crippen LogP contribution in [-0.4, -0.2) is 54.7 Å². The number of carbonyl (C=O) groups excluding carboxylic acids is 2. The second-order valence-corrected chi connectivity index (χ2v) is 6.67. The van der Waals surface area contributed by atoms with Gasteiger partial charge in [-0.25, -0.2) is 0 Å². The Morgan fingerprint density at radius 1 is 0.923 bits per heavy atom. The molecule has 1 aromatic heterocycles. The minimum atomic E-state index is -0.280. The van der Waals surface area contributed by atoms with Gasteiger partial charge in [0.2, 0.25) is 0 Å². The molecule has 0 saturated carbocycles. The number of ether oxygens (including phenoxy) is 2. The van der Waals surface area contributed by atoms with Gasteiger partial charge in [-0.3, -0.25) is 19.5 Å². The van der Waals surface area contributed by atoms with Gasteiger partial charge in [0.15, 0.2) is 0 Å². The maximum atomic E-state index is 12.0. The van der Waals surface area contributed by atoms with Gasteiger partial charge in [0.05, 0.1) is 24.2 Å². The smallest absolute Gasteiger partial charge is 0.311 e. The first-order chi connectivity index (χ1) is 12.7. The Balaban J connectivity index is 1.89. The molecule has 1 aliphatic heterocycles. The van der Waals surface area contributed by atoms with Gasteiger partial charge in [-0.2, -0.15) is 0 Å². The van der Waals surface area contributed by atoms with E-state index in [1.54, 1.807) is 18.2 Å². The standard InChI is InChI=1S/C20H30N2O4/c1-2-3-4-5-6-10-22-11-13-25-19(23)15-17-8-7-9-18(21-17)16-20(24)26-14-12-22/h7-9H,2-6,10-16H2,1H3. The molecule has 0 unspecified atom stereocenters. The lowest BCUT2D eigenvalue weighted by Crippen LogP contribution is -2.33. The highest BCUT2D eigenvalue weighted by Crippen LogP contribution is 2.06. The van der Waals surface area contributed by atoms with E-state index >= 15 is 0 Å². The third-order valence-corrected chi connectivity index (χ3v) is 4.43. The van der Waals surface area contributed by atoms with E-state index in [-0.39, 0.29) is 24.8 Å². The van der Waals surface area contributed by atoms with Gasteiger partial charge in [-0.1, -0.05) is 38.7 Å². The van der Waals surface area contributed by atoms with Gasteiger partial charge in [-0.15, -0.1) is 0 Å². The zero-order valence-electron chi connectivity index (χ0n) is 15.7. The molecule has 144 valence electrons. The second-order valence-electron chi connectivity index (χ2n) is 6.67. The lowest BCUT2D eigenvalue weighted by atomic mass is 10.1. The van der Waals surface area contributed by atoms with Crippen molar-refractivity contribution in [2.75, 3.05) is 32.8 Å². The Hall–Kier alpha value is -1.95. The lowest BCUT2D eigenvalue weighted by Gasteiger charge is -2.22. The highest BCUT2D eigenvalue weighted by molar-refractivity contribution is 5.73. The number of hydrogen-bond acceptors (Lipinski definition) is 6. The SMILES string of the molecule is CCCCCCCN1CCOC(=O)Cc2cccc(n2)CC(=O)OCC1. The lowest BCUT2D eigenvalue weighted by molar-refractivity contribution is -0.143. The third kappa shape index (κ3) is 7.95. The van der Waals surface area contributed by atoms with Crippen molar-refractivity contribution >= 4 is 11.9 Å². The number of esters is 2. The predicted octanol–water partition coefficient (Wildman–Crippen LogP) is 2.54. The molecule has 1 aromatic rings. The molecule has 0 aromatic carbocycles. The number of hydrogen-bond donors (Lipinski definition) is 0. The normalized spacial score (nSPS) is 17.3. The van der Waals surface area contributed by atoms with Crippen molar-refractivity contribution < 1.29 is 19.1 Å². The topological polar surface area (TPSA) is 68.7 Å². The van der Waals surface area contributed by atoms with E-state index in [2.05, 4.69) is 16.8 Å². The van der Waals surface area contributed by atoms with E-state index in [1.165, 1.54) is 25.7 Å². The zero-order valence-corrected chi connectivity index (χ0v) is 15.7. The zero-order chi connectivity index (χ0) is 18.6. The van der Waals surface area contributed by atoms with Crippen LogP contribution in [-0.2, 0) is 31.9 Å². The molecule has 6 heteroatoms. The molecule has 6 nitrogen and oxygen atoms in total. The van der Waals surface area contributed by atoms with Crippen molar-refractivity contribution in [2.45, 2.75) is 51.9 Å². The average Bonchev–Trinajstić information content (AvgIpc) is 2.60. The molecule has 0 atom stereocenters. The van der Waals surface area contributed by atoms with Crippen LogP contribution in [0.15, 0.2) is 18.2 Å². The summed E-state index contributed by atoms with van der Waals surface area (Å²) in [6, 6.07) is 5.33. The van der Waals surface area contributed by atoms with E-state index in [1.807, 2.05) is 0 Å². The quantitative estimate of drug-likeness (QED) is 0.572. The molecule has 0 amide bonds. The maximum Gasteiger partial charge on any atom is 0.311 e. The van der Waals surface area contributed by atoms with Crippen molar-refractivity contribution in [1.82, 2.24) is 9.88 Å². The Bertz CT molecular complexity index is 537. The molecule has 0 fully saturated rings. The Kier molecular flexibility index (Phi) is 9.10. The van der Waals surface area contributed by atoms with E-state index in [0.29, 0.717) is 37.7 Å². The summed E-state index contributed by atoms with van der Waals surface area (Å²) in [5, 5.41) is 0. The molecule has 26 heavy (non-hydrogen) atoms. The number of fused-ring (bicyclic) bond motifs is 2. The van der Waals surface area contributed by atoms with Gasteiger partial charge in [0.25, 0.3) is 0 Å². The predicted molar refractivity (Wildman–Crippen MR) is 98.8 cm³/mol. The van der Waals surface area contributed by atoms with Gasteiger partial charge in [-0.05, 0) is 25.1 Å². The van der Waals surface area contributed by atoms with E-state index < -0.39 is 0 Å². The summed E-state index contributed by atoms with van der Waals surface area (Å²) in [5.74, 6) is -0.561. The van der Waals surface area contributed by atoms with Crippen LogP contribution in [0, 0.1) is 0 Å². The van der Waals surface area contributed by atoms with E-state index in [4.69, 9.17) is 9.47 Å². The van der Waals surface area contributed by atoms with Gasteiger partial charge >= 0.3 is 11.9 Å².